The summed E-state index contributed by atoms with van der Waals surface area (Å²) in [4.78, 5) is 17.8. The summed E-state index contributed by atoms with van der Waals surface area (Å²) in [5.74, 6) is 0.231. The predicted octanol–water partition coefficient (Wildman–Crippen LogP) is 4.35. The van der Waals surface area contributed by atoms with Gasteiger partial charge in [-0.3, -0.25) is 4.79 Å². The number of hydrogen-bond donors (Lipinski definition) is 0. The Kier molecular flexibility index (Phi) is 4.48. The molecule has 4 heteroatoms. The highest BCUT2D eigenvalue weighted by Crippen LogP contribution is 2.25. The molecule has 0 atom stereocenters. The van der Waals surface area contributed by atoms with E-state index in [9.17, 15) is 4.79 Å². The molecule has 1 amide bonds. The fourth-order valence-electron chi connectivity index (χ4n) is 3.25. The molecule has 3 nitrogen and oxygen atoms in total. The molecule has 0 saturated heterocycles. The first-order chi connectivity index (χ1) is 10.6. The minimum atomic E-state index is 0.0851. The summed E-state index contributed by atoms with van der Waals surface area (Å²) in [6, 6.07) is 4.43. The van der Waals surface area contributed by atoms with Gasteiger partial charge in [-0.1, -0.05) is 30.6 Å². The quantitative estimate of drug-likeness (QED) is 0.811. The number of carbonyl (C=O) groups excluding carboxylic acids is 1. The summed E-state index contributed by atoms with van der Waals surface area (Å²) < 4.78 is 3.40. The normalized spacial score (nSPS) is 17.3. The van der Waals surface area contributed by atoms with Crippen LogP contribution in [0.25, 0.3) is 10.2 Å². The Balaban J connectivity index is 2.05. The Bertz CT molecular complexity index is 763. The van der Waals surface area contributed by atoms with Gasteiger partial charge in [0.25, 0.3) is 5.91 Å². The molecule has 0 unspecified atom stereocenters. The Hall–Kier alpha value is -1.42. The molecule has 1 saturated carbocycles. The number of aryl methyl sites for hydroxylation is 3. The zero-order chi connectivity index (χ0) is 15.7. The number of rotatable bonds is 2. The van der Waals surface area contributed by atoms with Crippen LogP contribution in [0.4, 0.5) is 0 Å². The first-order valence-corrected chi connectivity index (χ1v) is 9.11. The SMILES string of the molecule is CCn1c(=NC(=O)C2CCCCC2)sc2cc(C)c(C)cc21. The second-order valence-electron chi connectivity index (χ2n) is 6.32. The van der Waals surface area contributed by atoms with Gasteiger partial charge >= 0.3 is 0 Å². The standard InChI is InChI=1S/C18H24N2OS/c1-4-20-15-10-12(2)13(3)11-16(15)22-18(20)19-17(21)14-8-6-5-7-9-14/h10-11,14H,4-9H2,1-3H3. The van der Waals surface area contributed by atoms with Gasteiger partial charge in [-0.15, -0.1) is 0 Å². The van der Waals surface area contributed by atoms with Crippen molar-refractivity contribution in [2.24, 2.45) is 10.9 Å². The smallest absolute Gasteiger partial charge is 0.251 e. The molecule has 1 aromatic heterocycles. The van der Waals surface area contributed by atoms with Crippen LogP contribution < -0.4 is 4.80 Å². The van der Waals surface area contributed by atoms with Crippen molar-refractivity contribution in [1.82, 2.24) is 4.57 Å². The maximum absolute atomic E-state index is 12.5. The van der Waals surface area contributed by atoms with E-state index in [0.717, 1.165) is 24.2 Å². The molecule has 1 aliphatic rings. The molecule has 1 fully saturated rings. The van der Waals surface area contributed by atoms with Crippen LogP contribution in [-0.4, -0.2) is 10.5 Å². The summed E-state index contributed by atoms with van der Waals surface area (Å²) in [5.41, 5.74) is 3.78. The number of amides is 1. The maximum atomic E-state index is 12.5. The largest absolute Gasteiger partial charge is 0.317 e. The zero-order valence-corrected chi connectivity index (χ0v) is 14.5. The second kappa shape index (κ2) is 6.37. The molecule has 0 radical (unpaired) electrons. The first-order valence-electron chi connectivity index (χ1n) is 8.29. The van der Waals surface area contributed by atoms with Crippen molar-refractivity contribution in [1.29, 1.82) is 0 Å². The lowest BCUT2D eigenvalue weighted by Crippen LogP contribution is -2.21. The van der Waals surface area contributed by atoms with Gasteiger partial charge in [-0.2, -0.15) is 4.99 Å². The van der Waals surface area contributed by atoms with E-state index in [1.54, 1.807) is 11.3 Å². The monoisotopic (exact) mass is 316 g/mol. The Morgan fingerprint density at radius 1 is 1.23 bits per heavy atom. The predicted molar refractivity (Wildman–Crippen MR) is 92.1 cm³/mol. The summed E-state index contributed by atoms with van der Waals surface area (Å²) in [5, 5.41) is 0. The molecule has 1 aliphatic carbocycles. The summed E-state index contributed by atoms with van der Waals surface area (Å²) >= 11 is 1.64. The van der Waals surface area contributed by atoms with Crippen LogP contribution in [0.3, 0.4) is 0 Å². The van der Waals surface area contributed by atoms with E-state index in [2.05, 4.69) is 42.5 Å². The third kappa shape index (κ3) is 2.89. The Morgan fingerprint density at radius 3 is 2.59 bits per heavy atom. The summed E-state index contributed by atoms with van der Waals surface area (Å²) in [6.07, 6.45) is 5.63. The third-order valence-corrected chi connectivity index (χ3v) is 5.82. The molecule has 0 N–H and O–H groups in total. The van der Waals surface area contributed by atoms with Gasteiger partial charge in [0.1, 0.15) is 0 Å². The van der Waals surface area contributed by atoms with Crippen LogP contribution in [0, 0.1) is 19.8 Å². The van der Waals surface area contributed by atoms with Crippen molar-refractivity contribution in [3.05, 3.63) is 28.1 Å². The highest BCUT2D eigenvalue weighted by atomic mass is 32.1. The van der Waals surface area contributed by atoms with Gasteiger partial charge in [0.2, 0.25) is 0 Å². The van der Waals surface area contributed by atoms with Gasteiger partial charge in [-0.25, -0.2) is 0 Å². The average molecular weight is 316 g/mol. The van der Waals surface area contributed by atoms with Crippen LogP contribution >= 0.6 is 11.3 Å². The molecule has 1 heterocycles. The highest BCUT2D eigenvalue weighted by molar-refractivity contribution is 7.16. The van der Waals surface area contributed by atoms with Crippen LogP contribution in [0.1, 0.15) is 50.2 Å². The lowest BCUT2D eigenvalue weighted by atomic mass is 9.89. The number of fused-ring (bicyclic) bond motifs is 1. The molecule has 2 aromatic rings. The molecule has 22 heavy (non-hydrogen) atoms. The third-order valence-electron chi connectivity index (χ3n) is 4.77. The molecular formula is C18H24N2OS. The van der Waals surface area contributed by atoms with Gasteiger partial charge < -0.3 is 4.57 Å². The molecule has 0 spiro atoms. The number of hydrogen-bond acceptors (Lipinski definition) is 2. The number of carbonyl (C=O) groups is 1. The molecular weight excluding hydrogens is 292 g/mol. The Labute approximate surface area is 135 Å². The van der Waals surface area contributed by atoms with Gasteiger partial charge in [0.15, 0.2) is 4.80 Å². The molecule has 118 valence electrons. The van der Waals surface area contributed by atoms with Crippen molar-refractivity contribution in [2.75, 3.05) is 0 Å². The highest BCUT2D eigenvalue weighted by Gasteiger charge is 2.21. The minimum absolute atomic E-state index is 0.0851. The number of benzene rings is 1. The van der Waals surface area contributed by atoms with Crippen LogP contribution in [0.2, 0.25) is 0 Å². The average Bonchev–Trinajstić information content (AvgIpc) is 2.84. The number of nitrogens with zero attached hydrogens (tertiary/aromatic N) is 2. The molecule has 0 aliphatic heterocycles. The lowest BCUT2D eigenvalue weighted by Gasteiger charge is -2.17. The van der Waals surface area contributed by atoms with E-state index < -0.39 is 0 Å². The summed E-state index contributed by atoms with van der Waals surface area (Å²) in [6.45, 7) is 7.23. The second-order valence-corrected chi connectivity index (χ2v) is 7.33. The Morgan fingerprint density at radius 2 is 1.91 bits per heavy atom. The van der Waals surface area contributed by atoms with E-state index >= 15 is 0 Å². The van der Waals surface area contributed by atoms with Crippen LogP contribution in [0.15, 0.2) is 17.1 Å². The van der Waals surface area contributed by atoms with Gasteiger partial charge in [-0.05, 0) is 56.9 Å². The van der Waals surface area contributed by atoms with E-state index in [1.165, 1.54) is 40.6 Å². The summed E-state index contributed by atoms with van der Waals surface area (Å²) in [7, 11) is 0. The maximum Gasteiger partial charge on any atom is 0.251 e. The fourth-order valence-corrected chi connectivity index (χ4v) is 4.43. The molecule has 3 rings (SSSR count). The van der Waals surface area contributed by atoms with Crippen molar-refractivity contribution >= 4 is 27.5 Å². The van der Waals surface area contributed by atoms with Crippen molar-refractivity contribution < 1.29 is 4.79 Å². The molecule has 1 aromatic carbocycles. The van der Waals surface area contributed by atoms with Crippen LogP contribution in [0.5, 0.6) is 0 Å². The first kappa shape index (κ1) is 15.5. The topological polar surface area (TPSA) is 34.4 Å². The minimum Gasteiger partial charge on any atom is -0.317 e. The van der Waals surface area contributed by atoms with E-state index in [-0.39, 0.29) is 11.8 Å². The molecule has 0 bridgehead atoms. The van der Waals surface area contributed by atoms with Crippen LogP contribution in [-0.2, 0) is 11.3 Å². The number of aromatic nitrogens is 1. The van der Waals surface area contributed by atoms with Crippen molar-refractivity contribution in [2.45, 2.75) is 59.4 Å². The van der Waals surface area contributed by atoms with Crippen molar-refractivity contribution in [3.8, 4) is 0 Å². The lowest BCUT2D eigenvalue weighted by molar-refractivity contribution is -0.122. The van der Waals surface area contributed by atoms with E-state index in [1.807, 2.05) is 0 Å². The number of thiazole rings is 1. The van der Waals surface area contributed by atoms with E-state index in [4.69, 9.17) is 0 Å². The van der Waals surface area contributed by atoms with E-state index in [0.29, 0.717) is 0 Å². The van der Waals surface area contributed by atoms with Crippen molar-refractivity contribution in [3.63, 3.8) is 0 Å². The zero-order valence-electron chi connectivity index (χ0n) is 13.7. The fraction of sp³-hybridized carbons (Fsp3) is 0.556. The van der Waals surface area contributed by atoms with Gasteiger partial charge in [0.05, 0.1) is 10.2 Å². The van der Waals surface area contributed by atoms with Gasteiger partial charge in [0, 0.05) is 12.5 Å².